The zero-order chi connectivity index (χ0) is 14.6. The summed E-state index contributed by atoms with van der Waals surface area (Å²) in [7, 11) is 1.79. The van der Waals surface area contributed by atoms with E-state index in [0.717, 1.165) is 24.2 Å². The molecule has 18 heavy (non-hydrogen) atoms. The average molecular weight is 252 g/mol. The Hall–Kier alpha value is -1.51. The van der Waals surface area contributed by atoms with Gasteiger partial charge < -0.3 is 10.2 Å². The Kier molecular flexibility index (Phi) is 12.5. The highest BCUT2D eigenvalue weighted by Crippen LogP contribution is 2.16. The smallest absolute Gasteiger partial charge is 0.321 e. The van der Waals surface area contributed by atoms with Gasteiger partial charge in [0.2, 0.25) is 0 Å². The molecule has 0 spiro atoms. The maximum absolute atomic E-state index is 11.5. The summed E-state index contributed by atoms with van der Waals surface area (Å²) < 4.78 is 0. The van der Waals surface area contributed by atoms with E-state index in [-0.39, 0.29) is 6.03 Å². The first-order chi connectivity index (χ1) is 8.69. The summed E-state index contributed by atoms with van der Waals surface area (Å²) in [4.78, 5) is 13.1. The number of nitrogens with one attached hydrogen (secondary N) is 1. The zero-order valence-electron chi connectivity index (χ0n) is 12.7. The third kappa shape index (κ3) is 6.28. The number of allylic oxidation sites excluding steroid dienone is 4. The van der Waals surface area contributed by atoms with Gasteiger partial charge in [-0.3, -0.25) is 0 Å². The summed E-state index contributed by atoms with van der Waals surface area (Å²) in [6, 6.07) is -0.0602. The van der Waals surface area contributed by atoms with Gasteiger partial charge in [0.05, 0.1) is 0 Å². The molecule has 0 saturated carbocycles. The van der Waals surface area contributed by atoms with Crippen LogP contribution in [-0.2, 0) is 0 Å². The molecule has 2 amide bonds. The molecular formula is C15H28N2O. The lowest BCUT2D eigenvalue weighted by Gasteiger charge is -2.12. The molecule has 0 aromatic heterocycles. The number of amides is 2. The van der Waals surface area contributed by atoms with Gasteiger partial charge >= 0.3 is 6.03 Å². The lowest BCUT2D eigenvalue weighted by Crippen LogP contribution is -2.34. The third-order valence-electron chi connectivity index (χ3n) is 2.28. The van der Waals surface area contributed by atoms with E-state index in [1.807, 2.05) is 46.8 Å². The number of nitrogens with zero attached hydrogens (tertiary/aromatic N) is 1. The van der Waals surface area contributed by atoms with Crippen molar-refractivity contribution in [2.75, 3.05) is 13.6 Å². The van der Waals surface area contributed by atoms with Gasteiger partial charge in [0.25, 0.3) is 0 Å². The standard InChI is InChI=1S/C11H16N2O.2C2H6/c1-4-6-10-9(5-2)7-8-13(3)11(14)12-10;2*1-2/h4-6H,1,7-8H2,2-3H3,(H,12,14);2*1-2H3/b9-5-,10-6+;;. The molecule has 1 N–H and O–H groups in total. The van der Waals surface area contributed by atoms with Crippen LogP contribution in [0.4, 0.5) is 4.79 Å². The minimum absolute atomic E-state index is 0.0602. The molecule has 104 valence electrons. The predicted octanol–water partition coefficient (Wildman–Crippen LogP) is 4.10. The first-order valence-electron chi connectivity index (χ1n) is 6.69. The Bertz CT molecular complexity index is 304. The van der Waals surface area contributed by atoms with Crippen molar-refractivity contribution in [3.63, 3.8) is 0 Å². The van der Waals surface area contributed by atoms with Crippen molar-refractivity contribution in [2.24, 2.45) is 0 Å². The van der Waals surface area contributed by atoms with Crippen molar-refractivity contribution >= 4 is 6.03 Å². The molecule has 0 aromatic rings. The van der Waals surface area contributed by atoms with E-state index < -0.39 is 0 Å². The van der Waals surface area contributed by atoms with Gasteiger partial charge in [-0.15, -0.1) is 0 Å². The molecule has 3 heteroatoms. The molecule has 1 aliphatic rings. The fourth-order valence-electron chi connectivity index (χ4n) is 1.38. The molecule has 0 aliphatic carbocycles. The number of carbonyl (C=O) groups excluding carboxylic acids is 1. The largest absolute Gasteiger partial charge is 0.327 e. The normalized spacial score (nSPS) is 19.0. The van der Waals surface area contributed by atoms with Crippen molar-refractivity contribution in [3.05, 3.63) is 36.1 Å². The van der Waals surface area contributed by atoms with Gasteiger partial charge in [0.15, 0.2) is 0 Å². The summed E-state index contributed by atoms with van der Waals surface area (Å²) in [5, 5.41) is 2.84. The molecule has 0 bridgehead atoms. The second-order valence-electron chi connectivity index (χ2n) is 3.23. The van der Waals surface area contributed by atoms with E-state index in [2.05, 4.69) is 11.9 Å². The van der Waals surface area contributed by atoms with E-state index in [1.165, 1.54) is 0 Å². The Morgan fingerprint density at radius 3 is 2.28 bits per heavy atom. The predicted molar refractivity (Wildman–Crippen MR) is 80.5 cm³/mol. The average Bonchev–Trinajstić information content (AvgIpc) is 2.55. The highest BCUT2D eigenvalue weighted by molar-refractivity contribution is 5.77. The van der Waals surface area contributed by atoms with E-state index in [1.54, 1.807) is 18.0 Å². The number of hydrogen-bond acceptors (Lipinski definition) is 1. The minimum atomic E-state index is -0.0602. The van der Waals surface area contributed by atoms with Gasteiger partial charge in [0, 0.05) is 19.3 Å². The van der Waals surface area contributed by atoms with E-state index >= 15 is 0 Å². The minimum Gasteiger partial charge on any atom is -0.327 e. The molecule has 1 fully saturated rings. The maximum atomic E-state index is 11.5. The van der Waals surface area contributed by atoms with Crippen molar-refractivity contribution < 1.29 is 4.79 Å². The summed E-state index contributed by atoms with van der Waals surface area (Å²) in [6.07, 6.45) is 6.41. The first-order valence-corrected chi connectivity index (χ1v) is 6.69. The molecule has 3 nitrogen and oxygen atoms in total. The molecule has 1 saturated heterocycles. The number of urea groups is 1. The Labute approximate surface area is 112 Å². The molecule has 0 aromatic carbocycles. The van der Waals surface area contributed by atoms with Crippen LogP contribution in [0.15, 0.2) is 36.1 Å². The number of carbonyl (C=O) groups is 1. The van der Waals surface area contributed by atoms with Gasteiger partial charge in [0.1, 0.15) is 0 Å². The topological polar surface area (TPSA) is 32.3 Å². The second-order valence-corrected chi connectivity index (χ2v) is 3.23. The molecule has 0 atom stereocenters. The third-order valence-corrected chi connectivity index (χ3v) is 2.28. The summed E-state index contributed by atoms with van der Waals surface area (Å²) in [5.41, 5.74) is 2.01. The quantitative estimate of drug-likeness (QED) is 0.748. The van der Waals surface area contributed by atoms with Gasteiger partial charge in [-0.1, -0.05) is 46.4 Å². The van der Waals surface area contributed by atoms with Crippen LogP contribution in [0.1, 0.15) is 41.0 Å². The Balaban J connectivity index is 0. The highest BCUT2D eigenvalue weighted by Gasteiger charge is 2.17. The molecule has 0 radical (unpaired) electrons. The van der Waals surface area contributed by atoms with Gasteiger partial charge in [-0.25, -0.2) is 4.79 Å². The summed E-state index contributed by atoms with van der Waals surface area (Å²) >= 11 is 0. The van der Waals surface area contributed by atoms with Gasteiger partial charge in [-0.2, -0.15) is 0 Å². The Morgan fingerprint density at radius 2 is 1.83 bits per heavy atom. The van der Waals surface area contributed by atoms with Crippen LogP contribution < -0.4 is 5.32 Å². The number of rotatable bonds is 1. The fourth-order valence-corrected chi connectivity index (χ4v) is 1.38. The molecular weight excluding hydrogens is 224 g/mol. The van der Waals surface area contributed by atoms with Crippen LogP contribution in [0.25, 0.3) is 0 Å². The van der Waals surface area contributed by atoms with Crippen LogP contribution in [0.5, 0.6) is 0 Å². The van der Waals surface area contributed by atoms with Crippen molar-refractivity contribution in [1.82, 2.24) is 10.2 Å². The first kappa shape index (κ1) is 18.8. The van der Waals surface area contributed by atoms with Crippen LogP contribution in [-0.4, -0.2) is 24.5 Å². The summed E-state index contributed by atoms with van der Waals surface area (Å²) in [5.74, 6) is 0. The van der Waals surface area contributed by atoms with Crippen molar-refractivity contribution in [1.29, 1.82) is 0 Å². The monoisotopic (exact) mass is 252 g/mol. The van der Waals surface area contributed by atoms with Crippen molar-refractivity contribution in [3.8, 4) is 0 Å². The lowest BCUT2D eigenvalue weighted by molar-refractivity contribution is 0.214. The molecule has 1 rings (SSSR count). The highest BCUT2D eigenvalue weighted by atomic mass is 16.2. The number of hydrogen-bond donors (Lipinski definition) is 1. The van der Waals surface area contributed by atoms with Crippen LogP contribution in [0.3, 0.4) is 0 Å². The van der Waals surface area contributed by atoms with Crippen molar-refractivity contribution in [2.45, 2.75) is 41.0 Å². The zero-order valence-corrected chi connectivity index (χ0v) is 12.7. The molecule has 1 heterocycles. The van der Waals surface area contributed by atoms with Gasteiger partial charge in [-0.05, 0) is 25.0 Å². The van der Waals surface area contributed by atoms with E-state index in [0.29, 0.717) is 0 Å². The van der Waals surface area contributed by atoms with Crippen LogP contribution in [0, 0.1) is 0 Å². The fraction of sp³-hybridized carbons (Fsp3) is 0.533. The SMILES string of the molecule is C=C/C=C1/NC(=O)N(C)CC/C1=C/C.CC.CC. The van der Waals surface area contributed by atoms with E-state index in [9.17, 15) is 4.79 Å². The van der Waals surface area contributed by atoms with E-state index in [4.69, 9.17) is 0 Å². The lowest BCUT2D eigenvalue weighted by atomic mass is 10.1. The van der Waals surface area contributed by atoms with Crippen LogP contribution in [0.2, 0.25) is 0 Å². The second kappa shape index (κ2) is 12.0. The summed E-state index contributed by atoms with van der Waals surface area (Å²) in [6.45, 7) is 14.4. The van der Waals surface area contributed by atoms with Crippen LogP contribution >= 0.6 is 0 Å². The Morgan fingerprint density at radius 1 is 1.28 bits per heavy atom. The molecule has 0 unspecified atom stereocenters. The maximum Gasteiger partial charge on any atom is 0.321 e. The molecule has 1 aliphatic heterocycles.